The molecular weight excluding hydrogens is 380 g/mol. The Labute approximate surface area is 174 Å². The molecule has 0 spiro atoms. The van der Waals surface area contributed by atoms with Gasteiger partial charge in [-0.2, -0.15) is 0 Å². The number of nitrogens with one attached hydrogen (secondary N) is 1. The second-order valence-corrected chi connectivity index (χ2v) is 6.90. The summed E-state index contributed by atoms with van der Waals surface area (Å²) < 4.78 is 5.25. The molecule has 1 N–H and O–H groups in total. The molecule has 0 bridgehead atoms. The van der Waals surface area contributed by atoms with Crippen molar-refractivity contribution in [2.75, 3.05) is 23.4 Å². The number of amides is 1. The van der Waals surface area contributed by atoms with Crippen molar-refractivity contribution in [1.82, 2.24) is 9.97 Å². The Morgan fingerprint density at radius 3 is 2.13 bits per heavy atom. The van der Waals surface area contributed by atoms with Crippen molar-refractivity contribution in [3.8, 4) is 0 Å². The second kappa shape index (κ2) is 9.17. The zero-order valence-corrected chi connectivity index (χ0v) is 16.5. The third kappa shape index (κ3) is 4.46. The van der Waals surface area contributed by atoms with E-state index in [0.717, 1.165) is 35.3 Å². The maximum absolute atomic E-state index is 13.1. The quantitative estimate of drug-likeness (QED) is 0.637. The largest absolute Gasteiger partial charge is 0.455 e. The van der Waals surface area contributed by atoms with Crippen LogP contribution in [-0.4, -0.2) is 35.0 Å². The number of aryl methyl sites for hydroxylation is 2. The van der Waals surface area contributed by atoms with Crippen molar-refractivity contribution in [2.24, 2.45) is 0 Å². The Balaban J connectivity index is 1.41. The van der Waals surface area contributed by atoms with E-state index in [-0.39, 0.29) is 18.9 Å². The lowest BCUT2D eigenvalue weighted by atomic mass is 10.0. The van der Waals surface area contributed by atoms with E-state index in [1.165, 1.54) is 0 Å². The van der Waals surface area contributed by atoms with Gasteiger partial charge in [-0.1, -0.05) is 36.4 Å². The van der Waals surface area contributed by atoms with Crippen LogP contribution in [0.5, 0.6) is 0 Å². The van der Waals surface area contributed by atoms with E-state index in [9.17, 15) is 9.59 Å². The normalized spacial score (nSPS) is 12.3. The van der Waals surface area contributed by atoms with Crippen LogP contribution in [0.3, 0.4) is 0 Å². The Morgan fingerprint density at radius 1 is 0.900 bits per heavy atom. The first-order chi connectivity index (χ1) is 14.7. The smallest absolute Gasteiger partial charge is 0.308 e. The first-order valence-corrected chi connectivity index (χ1v) is 9.87. The molecule has 0 aliphatic carbocycles. The van der Waals surface area contributed by atoms with Crippen LogP contribution < -0.4 is 10.2 Å². The van der Waals surface area contributed by atoms with Crippen LogP contribution in [0.15, 0.2) is 67.0 Å². The van der Waals surface area contributed by atoms with E-state index in [1.807, 2.05) is 48.5 Å². The van der Waals surface area contributed by atoms with Crippen molar-refractivity contribution in [3.05, 3.63) is 78.1 Å². The van der Waals surface area contributed by atoms with Crippen molar-refractivity contribution in [3.63, 3.8) is 0 Å². The van der Waals surface area contributed by atoms with E-state index >= 15 is 0 Å². The van der Waals surface area contributed by atoms with Crippen LogP contribution in [0.4, 0.5) is 17.3 Å². The molecule has 1 aliphatic rings. The topological polar surface area (TPSA) is 84.4 Å². The van der Waals surface area contributed by atoms with E-state index < -0.39 is 5.97 Å². The summed E-state index contributed by atoms with van der Waals surface area (Å²) >= 11 is 0. The third-order valence-electron chi connectivity index (χ3n) is 4.91. The predicted octanol–water partition coefficient (Wildman–Crippen LogP) is 3.29. The zero-order chi connectivity index (χ0) is 20.8. The molecule has 30 heavy (non-hydrogen) atoms. The minimum absolute atomic E-state index is 0.110. The Hall–Kier alpha value is -3.74. The van der Waals surface area contributed by atoms with Gasteiger partial charge in [0.2, 0.25) is 5.95 Å². The van der Waals surface area contributed by atoms with Crippen LogP contribution in [0.2, 0.25) is 0 Å². The fourth-order valence-electron chi connectivity index (χ4n) is 3.49. The van der Waals surface area contributed by atoms with Crippen molar-refractivity contribution in [1.29, 1.82) is 0 Å². The number of para-hydroxylation sites is 2. The highest BCUT2D eigenvalue weighted by Gasteiger charge is 2.26. The highest BCUT2D eigenvalue weighted by Crippen LogP contribution is 2.35. The molecule has 2 heterocycles. The van der Waals surface area contributed by atoms with Gasteiger partial charge in [-0.3, -0.25) is 14.5 Å². The van der Waals surface area contributed by atoms with Crippen LogP contribution in [0.1, 0.15) is 17.5 Å². The zero-order valence-electron chi connectivity index (χ0n) is 16.5. The molecule has 0 unspecified atom stereocenters. The maximum Gasteiger partial charge on any atom is 0.308 e. The third-order valence-corrected chi connectivity index (χ3v) is 4.91. The number of carbonyl (C=O) groups is 2. The number of benzene rings is 2. The van der Waals surface area contributed by atoms with Crippen LogP contribution in [0, 0.1) is 0 Å². The van der Waals surface area contributed by atoms with Gasteiger partial charge in [0, 0.05) is 18.9 Å². The summed E-state index contributed by atoms with van der Waals surface area (Å²) in [6.07, 6.45) is 5.04. The first-order valence-electron chi connectivity index (χ1n) is 9.87. The average molecular weight is 402 g/mol. The number of aromatic nitrogens is 2. The number of hydrogen-bond acceptors (Lipinski definition) is 6. The molecule has 1 aliphatic heterocycles. The highest BCUT2D eigenvalue weighted by molar-refractivity contribution is 6.03. The number of hydrogen-bond donors (Lipinski definition) is 1. The van der Waals surface area contributed by atoms with E-state index in [0.29, 0.717) is 12.5 Å². The SMILES string of the molecule is O=C(CCNc1ncccn1)OCC(=O)N1c2ccccc2CCc2ccccc21. The van der Waals surface area contributed by atoms with Gasteiger partial charge in [0.25, 0.3) is 5.91 Å². The molecule has 0 saturated heterocycles. The lowest BCUT2D eigenvalue weighted by molar-refractivity contribution is -0.147. The number of ether oxygens (including phenoxy) is 1. The molecule has 0 fully saturated rings. The maximum atomic E-state index is 13.1. The minimum atomic E-state index is -0.455. The molecule has 7 heteroatoms. The van der Waals surface area contributed by atoms with Crippen LogP contribution >= 0.6 is 0 Å². The number of nitrogens with zero attached hydrogens (tertiary/aromatic N) is 3. The number of anilines is 3. The van der Waals surface area contributed by atoms with Crippen molar-refractivity contribution < 1.29 is 14.3 Å². The molecule has 3 aromatic rings. The molecule has 0 atom stereocenters. The fraction of sp³-hybridized carbons (Fsp3) is 0.217. The molecule has 0 saturated carbocycles. The van der Waals surface area contributed by atoms with Crippen LogP contribution in [-0.2, 0) is 27.2 Å². The first kappa shape index (κ1) is 19.6. The number of fused-ring (bicyclic) bond motifs is 2. The predicted molar refractivity (Wildman–Crippen MR) is 114 cm³/mol. The van der Waals surface area contributed by atoms with Gasteiger partial charge in [0.1, 0.15) is 0 Å². The van der Waals surface area contributed by atoms with E-state index in [1.54, 1.807) is 23.4 Å². The van der Waals surface area contributed by atoms with Crippen LogP contribution in [0.25, 0.3) is 0 Å². The monoisotopic (exact) mass is 402 g/mol. The lowest BCUT2D eigenvalue weighted by Crippen LogP contribution is -2.31. The molecule has 4 rings (SSSR count). The molecule has 1 aromatic heterocycles. The van der Waals surface area contributed by atoms with Gasteiger partial charge >= 0.3 is 5.97 Å². The van der Waals surface area contributed by atoms with Crippen molar-refractivity contribution in [2.45, 2.75) is 19.3 Å². The molecule has 152 valence electrons. The fourth-order valence-corrected chi connectivity index (χ4v) is 3.49. The molecule has 0 radical (unpaired) electrons. The van der Waals surface area contributed by atoms with Crippen molar-refractivity contribution >= 4 is 29.2 Å². The summed E-state index contributed by atoms with van der Waals surface area (Å²) in [6, 6.07) is 17.4. The second-order valence-electron chi connectivity index (χ2n) is 6.90. The molecule has 7 nitrogen and oxygen atoms in total. The highest BCUT2D eigenvalue weighted by atomic mass is 16.5. The summed E-state index contributed by atoms with van der Waals surface area (Å²) in [5, 5.41) is 2.94. The number of esters is 1. The summed E-state index contributed by atoms with van der Waals surface area (Å²) in [5.74, 6) is -0.285. The van der Waals surface area contributed by atoms with E-state index in [4.69, 9.17) is 4.74 Å². The Morgan fingerprint density at radius 2 is 1.50 bits per heavy atom. The van der Waals surface area contributed by atoms with Gasteiger partial charge in [-0.25, -0.2) is 9.97 Å². The lowest BCUT2D eigenvalue weighted by Gasteiger charge is -2.24. The van der Waals surface area contributed by atoms with E-state index in [2.05, 4.69) is 15.3 Å². The summed E-state index contributed by atoms with van der Waals surface area (Å²) in [7, 11) is 0. The van der Waals surface area contributed by atoms with Gasteiger partial charge < -0.3 is 10.1 Å². The Kier molecular flexibility index (Phi) is 5.98. The van der Waals surface area contributed by atoms with Gasteiger partial charge in [0.15, 0.2) is 6.61 Å². The van der Waals surface area contributed by atoms with Gasteiger partial charge in [-0.05, 0) is 42.2 Å². The summed E-state index contributed by atoms with van der Waals surface area (Å²) in [6.45, 7) is 0.00968. The molecular formula is C23H22N4O3. The Bertz CT molecular complexity index is 992. The molecule has 1 amide bonds. The molecule has 2 aromatic carbocycles. The average Bonchev–Trinajstić information content (AvgIpc) is 2.95. The summed E-state index contributed by atoms with van der Waals surface area (Å²) in [4.78, 5) is 34.9. The van der Waals surface area contributed by atoms with Gasteiger partial charge in [0.05, 0.1) is 17.8 Å². The minimum Gasteiger partial charge on any atom is -0.455 e. The number of rotatable bonds is 6. The van der Waals surface area contributed by atoms with Gasteiger partial charge in [-0.15, -0.1) is 0 Å². The standard InChI is InChI=1S/C23H22N4O3/c28-21(16-30-22(29)12-15-26-23-24-13-5-14-25-23)27-19-8-3-1-6-17(19)10-11-18-7-2-4-9-20(18)27/h1-9,13-14H,10-12,15-16H2,(H,24,25,26). The number of carbonyl (C=O) groups excluding carboxylic acids is 2. The summed E-state index contributed by atoms with van der Waals surface area (Å²) in [5.41, 5.74) is 3.87.